The first kappa shape index (κ1) is 30.3. The Balaban J connectivity index is 0.000000185. The van der Waals surface area contributed by atoms with Crippen molar-refractivity contribution in [3.63, 3.8) is 0 Å². The van der Waals surface area contributed by atoms with E-state index < -0.39 is 0 Å². The number of benzene rings is 1. The summed E-state index contributed by atoms with van der Waals surface area (Å²) >= 11 is 0. The molecule has 4 aromatic rings. The third-order valence-electron chi connectivity index (χ3n) is 6.72. The van der Waals surface area contributed by atoms with Gasteiger partial charge in [0.2, 0.25) is 0 Å². The van der Waals surface area contributed by atoms with Crippen LogP contribution in [0.4, 0.5) is 0 Å². The van der Waals surface area contributed by atoms with Crippen molar-refractivity contribution in [3.05, 3.63) is 126 Å². The van der Waals surface area contributed by atoms with Gasteiger partial charge in [-0.25, -0.2) is 0 Å². The van der Waals surface area contributed by atoms with Gasteiger partial charge < -0.3 is 10.8 Å². The molecule has 2 amide bonds. The summed E-state index contributed by atoms with van der Waals surface area (Å²) in [5, 5.41) is 8.76. The third-order valence-corrected chi connectivity index (χ3v) is 6.72. The van der Waals surface area contributed by atoms with Crippen molar-refractivity contribution in [1.82, 2.24) is 19.9 Å². The number of carbonyl (C=O) groups excluding carboxylic acids is 2. The monoisotopic (exact) mass is 539 g/mol. The summed E-state index contributed by atoms with van der Waals surface area (Å²) in [6, 6.07) is 18.6. The molecule has 40 heavy (non-hydrogen) atoms. The van der Waals surface area contributed by atoms with Gasteiger partial charge in [-0.1, -0.05) is 51.1 Å². The summed E-state index contributed by atoms with van der Waals surface area (Å²) in [7, 11) is 0. The number of carbonyl (C=O) groups is 2. The number of pyridine rings is 3. The van der Waals surface area contributed by atoms with Crippen LogP contribution in [0.3, 0.4) is 0 Å². The maximum atomic E-state index is 12.3. The van der Waals surface area contributed by atoms with Crippen LogP contribution in [0, 0.1) is 0 Å². The molecule has 0 bridgehead atoms. The predicted octanol–water partition coefficient (Wildman–Crippen LogP) is 4.80. The molecular formula is C32H37N5O3. The highest BCUT2D eigenvalue weighted by Crippen LogP contribution is 2.25. The molecule has 8 nitrogen and oxygen atoms in total. The first-order valence-electron chi connectivity index (χ1n) is 13.3. The number of nitrogens with two attached hydrogens (primary N) is 1. The summed E-state index contributed by atoms with van der Waals surface area (Å²) in [4.78, 5) is 37.9. The Bertz CT molecular complexity index is 1260. The molecule has 8 heteroatoms. The first-order valence-corrected chi connectivity index (χ1v) is 13.3. The fourth-order valence-corrected chi connectivity index (χ4v) is 4.03. The number of aliphatic hydroxyl groups is 1. The van der Waals surface area contributed by atoms with E-state index in [1.807, 2.05) is 56.4 Å². The highest BCUT2D eigenvalue weighted by molar-refractivity contribution is 6.21. The van der Waals surface area contributed by atoms with Crippen molar-refractivity contribution in [3.8, 4) is 0 Å². The topological polar surface area (TPSA) is 122 Å². The van der Waals surface area contributed by atoms with Gasteiger partial charge in [0.1, 0.15) is 0 Å². The van der Waals surface area contributed by atoms with Gasteiger partial charge in [0.15, 0.2) is 0 Å². The van der Waals surface area contributed by atoms with Crippen LogP contribution in [0.15, 0.2) is 97.8 Å². The molecule has 0 saturated carbocycles. The second-order valence-corrected chi connectivity index (χ2v) is 9.75. The SMILES string of the molecule is C[C@H](CN)c1cccnc1.C[C@H](CN1C(=O)c2ccccc2C1=O)c1cccnc1.C[C@H](CO)c1cccnc1. The molecule has 1 aliphatic rings. The summed E-state index contributed by atoms with van der Waals surface area (Å²) in [5.41, 5.74) is 9.79. The van der Waals surface area contributed by atoms with E-state index in [1.54, 1.807) is 55.2 Å². The van der Waals surface area contributed by atoms with Crippen LogP contribution in [0.1, 0.15) is 75.9 Å². The summed E-state index contributed by atoms with van der Waals surface area (Å²) in [5.74, 6) is 0.274. The lowest BCUT2D eigenvalue weighted by atomic mass is 10.0. The standard InChI is InChI=1S/C16H14N2O2.C8H12N2.C8H11NO/c1-11(12-5-4-8-17-9-12)10-18-15(19)13-6-2-3-7-14(13)16(18)20;1-7(5-9)8-3-2-4-10-6-8;1-7(6-10)8-3-2-4-9-5-8/h2-9,11H,10H2,1H3;2-4,6-7H,5,9H2,1H3;2-5,7,10H,6H2,1H3/t11-;2*7-/m111/s1. The highest BCUT2D eigenvalue weighted by atomic mass is 16.3. The molecule has 0 fully saturated rings. The van der Waals surface area contributed by atoms with Gasteiger partial charge in [0, 0.05) is 62.2 Å². The van der Waals surface area contributed by atoms with Crippen molar-refractivity contribution in [1.29, 1.82) is 0 Å². The number of aliphatic hydroxyl groups excluding tert-OH is 1. The lowest BCUT2D eigenvalue weighted by molar-refractivity contribution is 0.0646. The zero-order valence-electron chi connectivity index (χ0n) is 23.2. The fraction of sp³-hybridized carbons (Fsp3) is 0.281. The average molecular weight is 540 g/mol. The molecule has 3 atom stereocenters. The Morgan fingerprint density at radius 3 is 1.48 bits per heavy atom. The van der Waals surface area contributed by atoms with Crippen molar-refractivity contribution in [2.45, 2.75) is 38.5 Å². The van der Waals surface area contributed by atoms with Crippen molar-refractivity contribution in [2.24, 2.45) is 5.73 Å². The Morgan fingerprint density at radius 2 is 1.10 bits per heavy atom. The number of imide groups is 1. The van der Waals surface area contributed by atoms with E-state index in [1.165, 1.54) is 10.5 Å². The third kappa shape index (κ3) is 8.11. The molecule has 0 spiro atoms. The van der Waals surface area contributed by atoms with E-state index in [9.17, 15) is 9.59 Å². The normalized spacial score (nSPS) is 14.2. The maximum Gasteiger partial charge on any atom is 0.261 e. The van der Waals surface area contributed by atoms with E-state index in [2.05, 4.69) is 21.9 Å². The quantitative estimate of drug-likeness (QED) is 0.323. The van der Waals surface area contributed by atoms with Gasteiger partial charge >= 0.3 is 0 Å². The molecular weight excluding hydrogens is 502 g/mol. The predicted molar refractivity (Wildman–Crippen MR) is 156 cm³/mol. The van der Waals surface area contributed by atoms with E-state index in [0.29, 0.717) is 30.1 Å². The Hall–Kier alpha value is -4.27. The molecule has 4 heterocycles. The van der Waals surface area contributed by atoms with E-state index in [-0.39, 0.29) is 30.3 Å². The largest absolute Gasteiger partial charge is 0.396 e. The van der Waals surface area contributed by atoms with Crippen LogP contribution < -0.4 is 5.73 Å². The molecule has 1 aromatic carbocycles. The van der Waals surface area contributed by atoms with E-state index >= 15 is 0 Å². The first-order chi connectivity index (χ1) is 19.4. The minimum absolute atomic E-state index is 0.0610. The second-order valence-electron chi connectivity index (χ2n) is 9.75. The van der Waals surface area contributed by atoms with Crippen molar-refractivity contribution < 1.29 is 14.7 Å². The molecule has 0 aliphatic carbocycles. The van der Waals surface area contributed by atoms with E-state index in [0.717, 1.165) is 11.1 Å². The average Bonchev–Trinajstić information content (AvgIpc) is 3.27. The molecule has 0 unspecified atom stereocenters. The zero-order valence-corrected chi connectivity index (χ0v) is 23.2. The summed E-state index contributed by atoms with van der Waals surface area (Å²) in [6.07, 6.45) is 10.6. The lowest BCUT2D eigenvalue weighted by Crippen LogP contribution is -2.33. The summed E-state index contributed by atoms with van der Waals surface area (Å²) in [6.45, 7) is 7.30. The number of aromatic nitrogens is 3. The van der Waals surface area contributed by atoms with Crippen molar-refractivity contribution >= 4 is 11.8 Å². The van der Waals surface area contributed by atoms with Crippen molar-refractivity contribution in [2.75, 3.05) is 19.7 Å². The van der Waals surface area contributed by atoms with Gasteiger partial charge in [-0.05, 0) is 59.5 Å². The van der Waals surface area contributed by atoms with Crippen LogP contribution >= 0.6 is 0 Å². The Morgan fingerprint density at radius 1 is 0.675 bits per heavy atom. The molecule has 3 N–H and O–H groups in total. The minimum Gasteiger partial charge on any atom is -0.396 e. The molecule has 208 valence electrons. The number of fused-ring (bicyclic) bond motifs is 1. The van der Waals surface area contributed by atoms with E-state index in [4.69, 9.17) is 10.8 Å². The van der Waals surface area contributed by atoms with Crippen LogP contribution in [0.5, 0.6) is 0 Å². The van der Waals surface area contributed by atoms with Gasteiger partial charge in [0.25, 0.3) is 11.8 Å². The molecule has 0 saturated heterocycles. The van der Waals surface area contributed by atoms with Gasteiger partial charge in [-0.3, -0.25) is 29.4 Å². The van der Waals surface area contributed by atoms with Crippen LogP contribution in [-0.2, 0) is 0 Å². The Kier molecular flexibility index (Phi) is 11.6. The molecule has 3 aromatic heterocycles. The number of hydrogen-bond donors (Lipinski definition) is 2. The van der Waals surface area contributed by atoms with Gasteiger partial charge in [-0.15, -0.1) is 0 Å². The molecule has 5 rings (SSSR count). The molecule has 1 aliphatic heterocycles. The number of hydrogen-bond acceptors (Lipinski definition) is 7. The van der Waals surface area contributed by atoms with Crippen LogP contribution in [0.25, 0.3) is 0 Å². The molecule has 0 radical (unpaired) electrons. The lowest BCUT2D eigenvalue weighted by Gasteiger charge is -2.19. The number of rotatable bonds is 7. The number of nitrogens with zero attached hydrogens (tertiary/aromatic N) is 4. The van der Waals surface area contributed by atoms with Crippen LogP contribution in [0.2, 0.25) is 0 Å². The summed E-state index contributed by atoms with van der Waals surface area (Å²) < 4.78 is 0. The Labute approximate surface area is 235 Å². The highest BCUT2D eigenvalue weighted by Gasteiger charge is 2.35. The van der Waals surface area contributed by atoms with Gasteiger partial charge in [-0.2, -0.15) is 0 Å². The van der Waals surface area contributed by atoms with Gasteiger partial charge in [0.05, 0.1) is 11.1 Å². The second kappa shape index (κ2) is 15.4. The van der Waals surface area contributed by atoms with Crippen LogP contribution in [-0.4, -0.2) is 56.5 Å². The number of amides is 2. The zero-order chi connectivity index (χ0) is 28.9. The minimum atomic E-state index is -0.207. The maximum absolute atomic E-state index is 12.3. The smallest absolute Gasteiger partial charge is 0.261 e. The fourth-order valence-electron chi connectivity index (χ4n) is 4.03.